The number of benzene rings is 1. The highest BCUT2D eigenvalue weighted by Gasteiger charge is 2.28. The summed E-state index contributed by atoms with van der Waals surface area (Å²) in [6, 6.07) is 11.8. The highest BCUT2D eigenvalue weighted by atomic mass is 35.5. The number of rotatable bonds is 2. The third-order valence-electron chi connectivity index (χ3n) is 3.02. The molecule has 2 nitrogen and oxygen atoms in total. The van der Waals surface area contributed by atoms with Gasteiger partial charge in [0.15, 0.2) is 0 Å². The highest BCUT2D eigenvalue weighted by molar-refractivity contribution is 8.26. The molecule has 1 aliphatic rings. The Labute approximate surface area is 141 Å². The van der Waals surface area contributed by atoms with E-state index in [0.29, 0.717) is 9.23 Å². The Morgan fingerprint density at radius 2 is 1.90 bits per heavy atom. The summed E-state index contributed by atoms with van der Waals surface area (Å²) in [6.45, 7) is 0. The van der Waals surface area contributed by atoms with Gasteiger partial charge in [-0.25, -0.2) is 0 Å². The number of nitrogens with zero attached hydrogens (tertiary/aromatic N) is 1. The molecule has 0 atom stereocenters. The van der Waals surface area contributed by atoms with Crippen LogP contribution in [0.3, 0.4) is 0 Å². The molecule has 0 bridgehead atoms. The lowest BCUT2D eigenvalue weighted by molar-refractivity contribution is -0.121. The predicted octanol–water partition coefficient (Wildman–Crippen LogP) is 4.90. The number of hydrogen-bond donors (Lipinski definition) is 0. The van der Waals surface area contributed by atoms with E-state index in [4.69, 9.17) is 23.8 Å². The van der Waals surface area contributed by atoms with E-state index in [2.05, 4.69) is 0 Å². The van der Waals surface area contributed by atoms with E-state index in [-0.39, 0.29) is 5.91 Å². The number of thiophene rings is 1. The van der Waals surface area contributed by atoms with E-state index in [9.17, 15) is 4.79 Å². The number of carbonyl (C=O) groups excluding carboxylic acids is 1. The zero-order chi connectivity index (χ0) is 15.0. The van der Waals surface area contributed by atoms with Crippen LogP contribution in [0.5, 0.6) is 0 Å². The summed E-state index contributed by atoms with van der Waals surface area (Å²) in [5, 5.41) is 0.724. The smallest absolute Gasteiger partial charge is 0.265 e. The van der Waals surface area contributed by atoms with Crippen molar-refractivity contribution in [1.82, 2.24) is 4.90 Å². The molecule has 1 aromatic heterocycles. The van der Waals surface area contributed by atoms with Gasteiger partial charge in [-0.1, -0.05) is 47.7 Å². The second-order valence-electron chi connectivity index (χ2n) is 4.45. The first kappa shape index (κ1) is 14.8. The van der Waals surface area contributed by atoms with Crippen LogP contribution in [0.4, 0.5) is 0 Å². The highest BCUT2D eigenvalue weighted by Crippen LogP contribution is 2.35. The van der Waals surface area contributed by atoms with Crippen LogP contribution in [0.2, 0.25) is 5.02 Å². The van der Waals surface area contributed by atoms with Crippen molar-refractivity contribution in [1.29, 1.82) is 0 Å². The number of hydrogen-bond acceptors (Lipinski definition) is 4. The lowest BCUT2D eigenvalue weighted by Gasteiger charge is -2.03. The Bertz CT molecular complexity index is 749. The Kier molecular flexibility index (Phi) is 4.17. The van der Waals surface area contributed by atoms with Crippen LogP contribution in [0.1, 0.15) is 4.88 Å². The molecule has 21 heavy (non-hydrogen) atoms. The van der Waals surface area contributed by atoms with Gasteiger partial charge in [0.25, 0.3) is 5.91 Å². The van der Waals surface area contributed by atoms with E-state index >= 15 is 0 Å². The van der Waals surface area contributed by atoms with Gasteiger partial charge < -0.3 is 0 Å². The molecule has 0 radical (unpaired) electrons. The zero-order valence-electron chi connectivity index (χ0n) is 11.0. The predicted molar refractivity (Wildman–Crippen MR) is 95.7 cm³/mol. The maximum Gasteiger partial charge on any atom is 0.265 e. The van der Waals surface area contributed by atoms with Gasteiger partial charge in [0.2, 0.25) is 0 Å². The van der Waals surface area contributed by atoms with Gasteiger partial charge in [0.05, 0.1) is 4.91 Å². The zero-order valence-corrected chi connectivity index (χ0v) is 14.2. The van der Waals surface area contributed by atoms with Crippen molar-refractivity contribution < 1.29 is 4.79 Å². The number of halogens is 1. The van der Waals surface area contributed by atoms with Crippen molar-refractivity contribution in [3.63, 3.8) is 0 Å². The van der Waals surface area contributed by atoms with Gasteiger partial charge in [-0.3, -0.25) is 9.69 Å². The van der Waals surface area contributed by atoms with Gasteiger partial charge >= 0.3 is 0 Å². The second-order valence-corrected chi connectivity index (χ2v) is 7.68. The van der Waals surface area contributed by atoms with Crippen LogP contribution >= 0.6 is 46.9 Å². The molecule has 2 aromatic rings. The Morgan fingerprint density at radius 1 is 1.19 bits per heavy atom. The maximum atomic E-state index is 12.0. The minimum atomic E-state index is -0.0357. The van der Waals surface area contributed by atoms with E-state index in [1.807, 2.05) is 42.5 Å². The molecule has 1 fully saturated rings. The molecule has 2 heterocycles. The summed E-state index contributed by atoms with van der Waals surface area (Å²) < 4.78 is 0.598. The molecule has 1 aromatic carbocycles. The van der Waals surface area contributed by atoms with Crippen molar-refractivity contribution in [3.8, 4) is 10.4 Å². The summed E-state index contributed by atoms with van der Waals surface area (Å²) in [5.74, 6) is -0.0357. The fraction of sp³-hybridized carbons (Fsp3) is 0.0667. The van der Waals surface area contributed by atoms with Gasteiger partial charge in [0.1, 0.15) is 4.32 Å². The summed E-state index contributed by atoms with van der Waals surface area (Å²) >= 11 is 14.0. The monoisotopic (exact) mass is 351 g/mol. The molecule has 1 aliphatic heterocycles. The first-order valence-electron chi connectivity index (χ1n) is 6.12. The standard InChI is InChI=1S/C15H10ClNOS3/c1-17-14(18)13(21-15(17)19)8-11-6-7-12(20-11)9-2-4-10(16)5-3-9/h2-8H,1H3. The van der Waals surface area contributed by atoms with Crippen LogP contribution in [-0.4, -0.2) is 22.2 Å². The van der Waals surface area contributed by atoms with Crippen molar-refractivity contribution >= 4 is 63.2 Å². The van der Waals surface area contributed by atoms with Gasteiger partial charge in [-0.15, -0.1) is 11.3 Å². The van der Waals surface area contributed by atoms with Crippen LogP contribution in [0.15, 0.2) is 41.3 Å². The number of thioether (sulfide) groups is 1. The van der Waals surface area contributed by atoms with Gasteiger partial charge in [-0.05, 0) is 35.9 Å². The van der Waals surface area contributed by atoms with E-state index in [1.54, 1.807) is 18.4 Å². The van der Waals surface area contributed by atoms with Gasteiger partial charge in [0, 0.05) is 21.8 Å². The summed E-state index contributed by atoms with van der Waals surface area (Å²) in [6.07, 6.45) is 1.90. The first-order chi connectivity index (χ1) is 10.0. The molecule has 1 saturated heterocycles. The lowest BCUT2D eigenvalue weighted by atomic mass is 10.2. The second kappa shape index (κ2) is 5.93. The van der Waals surface area contributed by atoms with Crippen molar-refractivity contribution in [2.45, 2.75) is 0 Å². The Balaban J connectivity index is 1.87. The third-order valence-corrected chi connectivity index (χ3v) is 5.83. The molecule has 1 amide bonds. The molecular weight excluding hydrogens is 342 g/mol. The SMILES string of the molecule is CN1C(=O)C(=Cc2ccc(-c3ccc(Cl)cc3)s2)SC1=S. The molecule has 0 saturated carbocycles. The molecule has 106 valence electrons. The normalized spacial score (nSPS) is 17.0. The van der Waals surface area contributed by atoms with E-state index < -0.39 is 0 Å². The van der Waals surface area contributed by atoms with Crippen molar-refractivity contribution in [2.75, 3.05) is 7.05 Å². The molecule has 0 spiro atoms. The molecule has 6 heteroatoms. The molecule has 0 unspecified atom stereocenters. The minimum absolute atomic E-state index is 0.0357. The molecule has 0 N–H and O–H groups in total. The average Bonchev–Trinajstić information content (AvgIpc) is 3.02. The topological polar surface area (TPSA) is 20.3 Å². The van der Waals surface area contributed by atoms with Crippen molar-refractivity contribution in [3.05, 3.63) is 51.2 Å². The Hall–Kier alpha value is -1.14. The summed E-state index contributed by atoms with van der Waals surface area (Å²) in [4.78, 5) is 16.3. The largest absolute Gasteiger partial charge is 0.296 e. The number of likely N-dealkylation sites (N-methyl/N-ethyl adjacent to an activating group) is 1. The maximum absolute atomic E-state index is 12.0. The van der Waals surface area contributed by atoms with Gasteiger partial charge in [-0.2, -0.15) is 0 Å². The molecule has 0 aliphatic carbocycles. The average molecular weight is 352 g/mol. The summed E-state index contributed by atoms with van der Waals surface area (Å²) in [5.41, 5.74) is 1.12. The summed E-state index contributed by atoms with van der Waals surface area (Å²) in [7, 11) is 1.70. The van der Waals surface area contributed by atoms with Crippen molar-refractivity contribution in [2.24, 2.45) is 0 Å². The van der Waals surface area contributed by atoms with E-state index in [1.165, 1.54) is 16.7 Å². The van der Waals surface area contributed by atoms with Crippen LogP contribution in [0.25, 0.3) is 16.5 Å². The van der Waals surface area contributed by atoms with Crippen LogP contribution in [0, 0.1) is 0 Å². The lowest BCUT2D eigenvalue weighted by Crippen LogP contribution is -2.22. The molecule has 3 rings (SSSR count). The van der Waals surface area contributed by atoms with Crippen LogP contribution < -0.4 is 0 Å². The number of thiocarbonyl (C=S) groups is 1. The minimum Gasteiger partial charge on any atom is -0.296 e. The fourth-order valence-corrected chi connectivity index (χ4v) is 4.20. The quantitative estimate of drug-likeness (QED) is 0.567. The Morgan fingerprint density at radius 3 is 2.52 bits per heavy atom. The number of amides is 1. The van der Waals surface area contributed by atoms with Crippen LogP contribution in [-0.2, 0) is 4.79 Å². The number of carbonyl (C=O) groups is 1. The van der Waals surface area contributed by atoms with E-state index in [0.717, 1.165) is 20.3 Å². The fourth-order valence-electron chi connectivity index (χ4n) is 1.87. The third kappa shape index (κ3) is 3.06. The molecular formula is C15H10ClNOS3. The first-order valence-corrected chi connectivity index (χ1v) is 8.54.